The summed E-state index contributed by atoms with van der Waals surface area (Å²) < 4.78 is 0. The molecule has 2 rings (SSSR count). The van der Waals surface area contributed by atoms with Crippen LogP contribution in [0.4, 0.5) is 0 Å². The van der Waals surface area contributed by atoms with E-state index in [0.29, 0.717) is 11.1 Å². The molecule has 5 heteroatoms. The third-order valence-corrected chi connectivity index (χ3v) is 2.41. The van der Waals surface area contributed by atoms with Crippen LogP contribution in [0.2, 0.25) is 0 Å². The fourth-order valence-corrected chi connectivity index (χ4v) is 1.74. The summed E-state index contributed by atoms with van der Waals surface area (Å²) in [5, 5.41) is 14.3. The van der Waals surface area contributed by atoms with Crippen LogP contribution in [0.15, 0.2) is 30.0 Å². The molecule has 0 saturated carbocycles. The van der Waals surface area contributed by atoms with E-state index in [9.17, 15) is 14.7 Å². The van der Waals surface area contributed by atoms with Crippen LogP contribution in [-0.4, -0.2) is 11.7 Å². The molecule has 1 N–H and O–H groups in total. The summed E-state index contributed by atoms with van der Waals surface area (Å²) in [6.45, 7) is 1.31. The maximum atomic E-state index is 11.9. The van der Waals surface area contributed by atoms with Crippen molar-refractivity contribution in [1.29, 1.82) is 0 Å². The summed E-state index contributed by atoms with van der Waals surface area (Å²) >= 11 is 0. The van der Waals surface area contributed by atoms with E-state index in [0.717, 1.165) is 0 Å². The quantitative estimate of drug-likeness (QED) is 0.532. The van der Waals surface area contributed by atoms with E-state index in [4.69, 9.17) is 0 Å². The predicted molar refractivity (Wildman–Crippen MR) is 56.1 cm³/mol. The van der Waals surface area contributed by atoms with Gasteiger partial charge in [0.05, 0.1) is 6.42 Å². The van der Waals surface area contributed by atoms with Crippen molar-refractivity contribution in [3.63, 3.8) is 0 Å². The summed E-state index contributed by atoms with van der Waals surface area (Å²) in [6, 6.07) is 6.63. The number of hydrogen-bond acceptors (Lipinski definition) is 3. The largest absolute Gasteiger partial charge is 1.00 e. The molecule has 82 valence electrons. The zero-order valence-corrected chi connectivity index (χ0v) is 9.74. The maximum absolute atomic E-state index is 11.9. The Morgan fingerprint density at radius 2 is 1.88 bits per heavy atom. The van der Waals surface area contributed by atoms with Gasteiger partial charge in [-0.15, -0.1) is 0 Å². The van der Waals surface area contributed by atoms with Crippen molar-refractivity contribution in [2.75, 3.05) is 0 Å². The number of Topliss-reactive ketones (excluding diaryl/α,β-unsaturated/α-hetero) is 1. The van der Waals surface area contributed by atoms with Crippen LogP contribution >= 0.6 is 0 Å². The Hall–Kier alpha value is -1.50. The summed E-state index contributed by atoms with van der Waals surface area (Å²) in [5.74, 6) is -0.750. The van der Waals surface area contributed by atoms with Gasteiger partial charge in [0, 0.05) is 18.2 Å². The number of ketones is 1. The number of allylic oxidation sites excluding steroid dienone is 1. The zero-order chi connectivity index (χ0) is 11.7. The van der Waals surface area contributed by atoms with Crippen molar-refractivity contribution in [2.45, 2.75) is 13.3 Å². The van der Waals surface area contributed by atoms with Crippen LogP contribution in [0.3, 0.4) is 0 Å². The summed E-state index contributed by atoms with van der Waals surface area (Å²) in [5.41, 5.74) is 0.959. The first-order chi connectivity index (χ1) is 7.59. The molecule has 0 saturated heterocycles. The second-order valence-corrected chi connectivity index (χ2v) is 3.63. The van der Waals surface area contributed by atoms with Crippen molar-refractivity contribution < 1.29 is 33.6 Å². The molecule has 0 heterocycles. The minimum Gasteiger partial charge on any atom is -0.871 e. The average Bonchev–Trinajstić information content (AvgIpc) is 2.25. The number of nitrogens with one attached hydrogen (secondary N) is 1. The predicted octanol–water partition coefficient (Wildman–Crippen LogP) is -2.56. The van der Waals surface area contributed by atoms with E-state index in [1.54, 1.807) is 24.3 Å². The number of benzene rings is 1. The Labute approximate surface area is 111 Å². The van der Waals surface area contributed by atoms with Crippen LogP contribution in [0, 0.1) is 0 Å². The normalized spacial score (nSPS) is 13.8. The molecule has 0 aromatic heterocycles. The monoisotopic (exact) mass is 223 g/mol. The molecule has 1 aromatic carbocycles. The van der Waals surface area contributed by atoms with E-state index >= 15 is 0 Å². The summed E-state index contributed by atoms with van der Waals surface area (Å²) in [7, 11) is 0. The molecule has 0 bridgehead atoms. The topological polar surface area (TPSA) is 69.2 Å². The first-order valence-corrected chi connectivity index (χ1v) is 4.90. The van der Waals surface area contributed by atoms with Gasteiger partial charge in [0.15, 0.2) is 5.78 Å². The van der Waals surface area contributed by atoms with Gasteiger partial charge in [0.25, 0.3) is 0 Å². The molecule has 1 aliphatic rings. The maximum Gasteiger partial charge on any atom is 1.00 e. The van der Waals surface area contributed by atoms with Crippen LogP contribution < -0.4 is 29.3 Å². The molecular weight excluding hydrogens is 213 g/mol. The molecule has 0 fully saturated rings. The Balaban J connectivity index is 0.00000144. The van der Waals surface area contributed by atoms with Gasteiger partial charge in [-0.1, -0.05) is 30.0 Å². The standard InChI is InChI=1S/C12H11NO3.Li/c1-7(14)13-10-6-11(15)8-4-2-3-5-9(8)12(10)16;/h2-5,16H,6H2,1H3,(H,13,14);/q;+1/p-1. The van der Waals surface area contributed by atoms with Crippen LogP contribution in [0.25, 0.3) is 5.76 Å². The summed E-state index contributed by atoms with van der Waals surface area (Å²) in [4.78, 5) is 22.6. The minimum atomic E-state index is -0.337. The number of hydrogen-bond donors (Lipinski definition) is 1. The van der Waals surface area contributed by atoms with E-state index in [1.165, 1.54) is 6.92 Å². The fourth-order valence-electron chi connectivity index (χ4n) is 1.74. The molecule has 0 aliphatic heterocycles. The van der Waals surface area contributed by atoms with Crippen molar-refractivity contribution in [3.8, 4) is 0 Å². The van der Waals surface area contributed by atoms with Crippen LogP contribution in [0.5, 0.6) is 0 Å². The van der Waals surface area contributed by atoms with E-state index in [-0.39, 0.29) is 48.4 Å². The second kappa shape index (κ2) is 5.22. The number of amides is 1. The van der Waals surface area contributed by atoms with Crippen molar-refractivity contribution in [3.05, 3.63) is 41.1 Å². The molecule has 1 amide bonds. The second-order valence-electron chi connectivity index (χ2n) is 3.63. The van der Waals surface area contributed by atoms with E-state index in [1.807, 2.05) is 0 Å². The first kappa shape index (κ1) is 13.6. The van der Waals surface area contributed by atoms with Gasteiger partial charge in [-0.05, 0) is 5.56 Å². The molecule has 0 unspecified atom stereocenters. The van der Waals surface area contributed by atoms with Gasteiger partial charge in [-0.25, -0.2) is 0 Å². The van der Waals surface area contributed by atoms with Gasteiger partial charge >= 0.3 is 18.9 Å². The van der Waals surface area contributed by atoms with Crippen LogP contribution in [-0.2, 0) is 4.79 Å². The van der Waals surface area contributed by atoms with Gasteiger partial charge < -0.3 is 10.4 Å². The minimum absolute atomic E-state index is 0. The zero-order valence-electron chi connectivity index (χ0n) is 9.74. The molecule has 0 spiro atoms. The number of carbonyl (C=O) groups excluding carboxylic acids is 2. The first-order valence-electron chi connectivity index (χ1n) is 4.90. The molecule has 1 aromatic rings. The van der Waals surface area contributed by atoms with E-state index in [2.05, 4.69) is 5.32 Å². The molecule has 4 nitrogen and oxygen atoms in total. The Morgan fingerprint density at radius 3 is 2.47 bits per heavy atom. The van der Waals surface area contributed by atoms with E-state index < -0.39 is 0 Å². The molecule has 1 aliphatic carbocycles. The van der Waals surface area contributed by atoms with Gasteiger partial charge in [-0.3, -0.25) is 9.59 Å². The number of fused-ring (bicyclic) bond motifs is 1. The van der Waals surface area contributed by atoms with Crippen LogP contribution in [0.1, 0.15) is 29.3 Å². The number of rotatable bonds is 1. The molecule has 17 heavy (non-hydrogen) atoms. The molecular formula is C12H10LiNO3. The smallest absolute Gasteiger partial charge is 0.871 e. The SMILES string of the molecule is CC(=O)NC1=C([O-])c2ccccc2C(=O)C1.[Li+]. The number of carbonyl (C=O) groups is 2. The molecule has 0 radical (unpaired) electrons. The average molecular weight is 223 g/mol. The Kier molecular flexibility index (Phi) is 4.16. The van der Waals surface area contributed by atoms with Gasteiger partial charge in [-0.2, -0.15) is 0 Å². The summed E-state index contributed by atoms with van der Waals surface area (Å²) in [6.07, 6.45) is -0.0323. The van der Waals surface area contributed by atoms with Crippen molar-refractivity contribution in [1.82, 2.24) is 5.32 Å². The molecule has 0 atom stereocenters. The van der Waals surface area contributed by atoms with Crippen molar-refractivity contribution >= 4 is 17.4 Å². The van der Waals surface area contributed by atoms with Gasteiger partial charge in [0.2, 0.25) is 5.91 Å². The Bertz CT molecular complexity index is 508. The fraction of sp³-hybridized carbons (Fsp3) is 0.167. The Morgan fingerprint density at radius 1 is 1.29 bits per heavy atom. The third kappa shape index (κ3) is 2.60. The van der Waals surface area contributed by atoms with Crippen molar-refractivity contribution in [2.24, 2.45) is 0 Å². The third-order valence-electron chi connectivity index (χ3n) is 2.41. The van der Waals surface area contributed by atoms with Gasteiger partial charge in [0.1, 0.15) is 0 Å².